The SMILES string of the molecule is CC(C)c1ccc(N(C)C)c2ccccc12. The summed E-state index contributed by atoms with van der Waals surface area (Å²) in [7, 11) is 4.19. The predicted octanol–water partition coefficient (Wildman–Crippen LogP) is 4.03. The van der Waals surface area contributed by atoms with Crippen molar-refractivity contribution >= 4 is 16.5 Å². The zero-order valence-electron chi connectivity index (χ0n) is 10.5. The van der Waals surface area contributed by atoms with Gasteiger partial charge < -0.3 is 4.90 Å². The minimum absolute atomic E-state index is 0.570. The van der Waals surface area contributed by atoms with E-state index < -0.39 is 0 Å². The van der Waals surface area contributed by atoms with Crippen molar-refractivity contribution in [3.05, 3.63) is 42.0 Å². The molecule has 0 atom stereocenters. The fourth-order valence-corrected chi connectivity index (χ4v) is 2.20. The largest absolute Gasteiger partial charge is 0.377 e. The maximum absolute atomic E-state index is 2.25. The molecule has 0 unspecified atom stereocenters. The Morgan fingerprint density at radius 3 is 2.06 bits per heavy atom. The molecule has 0 heterocycles. The van der Waals surface area contributed by atoms with Crippen LogP contribution in [0.2, 0.25) is 0 Å². The molecule has 0 saturated carbocycles. The first kappa shape index (κ1) is 11.0. The standard InChI is InChI=1S/C15H19N/c1-11(2)12-9-10-15(16(3)4)14-8-6-5-7-13(12)14/h5-11H,1-4H3. The third-order valence-electron chi connectivity index (χ3n) is 3.04. The maximum atomic E-state index is 2.25. The first-order valence-corrected chi connectivity index (χ1v) is 5.80. The molecule has 2 aromatic rings. The Morgan fingerprint density at radius 2 is 1.50 bits per heavy atom. The zero-order chi connectivity index (χ0) is 11.7. The smallest absolute Gasteiger partial charge is 0.0440 e. The molecule has 1 nitrogen and oxygen atoms in total. The van der Waals surface area contributed by atoms with E-state index in [-0.39, 0.29) is 0 Å². The fraction of sp³-hybridized carbons (Fsp3) is 0.333. The summed E-state index contributed by atoms with van der Waals surface area (Å²) in [5, 5.41) is 2.72. The highest BCUT2D eigenvalue weighted by Gasteiger charge is 2.08. The fourth-order valence-electron chi connectivity index (χ4n) is 2.20. The van der Waals surface area contributed by atoms with Crippen molar-refractivity contribution in [1.29, 1.82) is 0 Å². The quantitative estimate of drug-likeness (QED) is 0.728. The van der Waals surface area contributed by atoms with E-state index in [2.05, 4.69) is 69.2 Å². The minimum atomic E-state index is 0.570. The molecule has 0 bridgehead atoms. The van der Waals surface area contributed by atoms with Crippen molar-refractivity contribution in [3.8, 4) is 0 Å². The van der Waals surface area contributed by atoms with Crippen LogP contribution < -0.4 is 4.90 Å². The van der Waals surface area contributed by atoms with Crippen molar-refractivity contribution in [1.82, 2.24) is 0 Å². The van der Waals surface area contributed by atoms with E-state index in [0.717, 1.165) is 0 Å². The van der Waals surface area contributed by atoms with Crippen LogP contribution >= 0.6 is 0 Å². The van der Waals surface area contributed by atoms with Gasteiger partial charge in [-0.15, -0.1) is 0 Å². The first-order valence-electron chi connectivity index (χ1n) is 5.80. The van der Waals surface area contributed by atoms with Crippen molar-refractivity contribution in [2.24, 2.45) is 0 Å². The van der Waals surface area contributed by atoms with Crippen LogP contribution in [-0.4, -0.2) is 14.1 Å². The van der Waals surface area contributed by atoms with Gasteiger partial charge in [0, 0.05) is 25.2 Å². The lowest BCUT2D eigenvalue weighted by atomic mass is 9.95. The number of hydrogen-bond donors (Lipinski definition) is 0. The number of rotatable bonds is 2. The summed E-state index contributed by atoms with van der Waals surface area (Å²) in [5.74, 6) is 0.570. The molecule has 2 aromatic carbocycles. The van der Waals surface area contributed by atoms with E-state index in [1.54, 1.807) is 0 Å². The third-order valence-corrected chi connectivity index (χ3v) is 3.04. The molecule has 0 spiro atoms. The summed E-state index contributed by atoms with van der Waals surface area (Å²) in [6.45, 7) is 4.49. The average Bonchev–Trinajstić information content (AvgIpc) is 2.27. The van der Waals surface area contributed by atoms with Crippen LogP contribution in [0, 0.1) is 0 Å². The second-order valence-corrected chi connectivity index (χ2v) is 4.77. The van der Waals surface area contributed by atoms with Gasteiger partial charge in [-0.1, -0.05) is 44.2 Å². The lowest BCUT2D eigenvalue weighted by Gasteiger charge is -2.18. The van der Waals surface area contributed by atoms with E-state index in [4.69, 9.17) is 0 Å². The molecule has 0 aromatic heterocycles. The molecule has 2 rings (SSSR count). The van der Waals surface area contributed by atoms with Crippen molar-refractivity contribution in [2.45, 2.75) is 19.8 Å². The van der Waals surface area contributed by atoms with Gasteiger partial charge in [-0.3, -0.25) is 0 Å². The highest BCUT2D eigenvalue weighted by atomic mass is 15.1. The Balaban J connectivity index is 2.77. The zero-order valence-corrected chi connectivity index (χ0v) is 10.5. The highest BCUT2D eigenvalue weighted by molar-refractivity contribution is 5.96. The lowest BCUT2D eigenvalue weighted by molar-refractivity contribution is 0.876. The van der Waals surface area contributed by atoms with Gasteiger partial charge >= 0.3 is 0 Å². The van der Waals surface area contributed by atoms with E-state index in [0.29, 0.717) is 5.92 Å². The molecule has 0 saturated heterocycles. The van der Waals surface area contributed by atoms with Crippen LogP contribution in [-0.2, 0) is 0 Å². The summed E-state index contributed by atoms with van der Waals surface area (Å²) in [6, 6.07) is 13.1. The summed E-state index contributed by atoms with van der Waals surface area (Å²) in [6.07, 6.45) is 0. The van der Waals surface area contributed by atoms with E-state index in [1.165, 1.54) is 22.0 Å². The first-order chi connectivity index (χ1) is 7.61. The van der Waals surface area contributed by atoms with Crippen molar-refractivity contribution in [2.75, 3.05) is 19.0 Å². The summed E-state index contributed by atoms with van der Waals surface area (Å²) >= 11 is 0. The molecule has 0 amide bonds. The molecule has 0 aliphatic heterocycles. The molecular formula is C15H19N. The normalized spacial score (nSPS) is 11.1. The molecule has 0 aliphatic carbocycles. The van der Waals surface area contributed by atoms with Gasteiger partial charge in [-0.05, 0) is 22.9 Å². The highest BCUT2D eigenvalue weighted by Crippen LogP contribution is 2.31. The number of anilines is 1. The molecule has 0 fully saturated rings. The van der Waals surface area contributed by atoms with Crippen LogP contribution in [0.4, 0.5) is 5.69 Å². The van der Waals surface area contributed by atoms with Crippen LogP contribution in [0.5, 0.6) is 0 Å². The Morgan fingerprint density at radius 1 is 0.875 bits per heavy atom. The molecule has 0 radical (unpaired) electrons. The number of nitrogens with zero attached hydrogens (tertiary/aromatic N) is 1. The molecule has 0 N–H and O–H groups in total. The Kier molecular flexibility index (Phi) is 2.86. The number of fused-ring (bicyclic) bond motifs is 1. The Hall–Kier alpha value is -1.50. The number of benzene rings is 2. The molecule has 1 heteroatoms. The van der Waals surface area contributed by atoms with Crippen molar-refractivity contribution < 1.29 is 0 Å². The molecule has 84 valence electrons. The molecular weight excluding hydrogens is 194 g/mol. The topological polar surface area (TPSA) is 3.24 Å². The third kappa shape index (κ3) is 1.78. The minimum Gasteiger partial charge on any atom is -0.377 e. The number of hydrogen-bond acceptors (Lipinski definition) is 1. The Labute approximate surface area is 97.7 Å². The van der Waals surface area contributed by atoms with E-state index >= 15 is 0 Å². The van der Waals surface area contributed by atoms with Gasteiger partial charge in [0.05, 0.1) is 0 Å². The van der Waals surface area contributed by atoms with E-state index in [1.807, 2.05) is 0 Å². The van der Waals surface area contributed by atoms with Crippen molar-refractivity contribution in [3.63, 3.8) is 0 Å². The average molecular weight is 213 g/mol. The summed E-state index contributed by atoms with van der Waals surface area (Å²) in [4.78, 5) is 2.17. The van der Waals surface area contributed by atoms with Gasteiger partial charge in [0.25, 0.3) is 0 Å². The van der Waals surface area contributed by atoms with Gasteiger partial charge in [0.2, 0.25) is 0 Å². The van der Waals surface area contributed by atoms with E-state index in [9.17, 15) is 0 Å². The summed E-state index contributed by atoms with van der Waals surface area (Å²) < 4.78 is 0. The lowest BCUT2D eigenvalue weighted by Crippen LogP contribution is -2.09. The van der Waals surface area contributed by atoms with Crippen LogP contribution in [0.1, 0.15) is 25.3 Å². The maximum Gasteiger partial charge on any atom is 0.0440 e. The summed E-state index contributed by atoms with van der Waals surface area (Å²) in [5.41, 5.74) is 2.72. The van der Waals surface area contributed by atoms with Crippen LogP contribution in [0.3, 0.4) is 0 Å². The Bertz CT molecular complexity index is 451. The van der Waals surface area contributed by atoms with Crippen LogP contribution in [0.25, 0.3) is 10.8 Å². The van der Waals surface area contributed by atoms with Gasteiger partial charge in [0.1, 0.15) is 0 Å². The second kappa shape index (κ2) is 4.17. The van der Waals surface area contributed by atoms with Gasteiger partial charge in [0.15, 0.2) is 0 Å². The van der Waals surface area contributed by atoms with Gasteiger partial charge in [-0.2, -0.15) is 0 Å². The van der Waals surface area contributed by atoms with Crippen LogP contribution in [0.15, 0.2) is 36.4 Å². The molecule has 0 aliphatic rings. The van der Waals surface area contributed by atoms with Gasteiger partial charge in [-0.25, -0.2) is 0 Å². The predicted molar refractivity (Wildman–Crippen MR) is 72.4 cm³/mol. The second-order valence-electron chi connectivity index (χ2n) is 4.77. The monoisotopic (exact) mass is 213 g/mol. The molecule has 16 heavy (non-hydrogen) atoms.